The first-order chi connectivity index (χ1) is 12.9. The minimum Gasteiger partial charge on any atom is -0.445 e. The van der Waals surface area contributed by atoms with Gasteiger partial charge in [-0.3, -0.25) is 15.0 Å². The van der Waals surface area contributed by atoms with Crippen molar-refractivity contribution in [2.75, 3.05) is 6.54 Å². The van der Waals surface area contributed by atoms with Crippen LogP contribution in [0.25, 0.3) is 0 Å². The molecule has 1 saturated heterocycles. The molecule has 1 fully saturated rings. The Hall–Kier alpha value is -2.26. The molecule has 2 atom stereocenters. The first-order valence-electron chi connectivity index (χ1n) is 9.24. The van der Waals surface area contributed by atoms with E-state index >= 15 is 0 Å². The molecule has 9 heteroatoms. The van der Waals surface area contributed by atoms with Gasteiger partial charge in [0.05, 0.1) is 17.1 Å². The van der Waals surface area contributed by atoms with Crippen LogP contribution >= 0.6 is 0 Å². The van der Waals surface area contributed by atoms with E-state index in [4.69, 9.17) is 9.16 Å². The van der Waals surface area contributed by atoms with Crippen LogP contribution < -0.4 is 0 Å². The molecule has 0 bridgehead atoms. The first kappa shape index (κ1) is 22.0. The molecule has 1 aliphatic heterocycles. The minimum absolute atomic E-state index is 0.0212. The van der Waals surface area contributed by atoms with E-state index in [-0.39, 0.29) is 23.4 Å². The number of carbonyl (C=O) groups is 2. The second-order valence-electron chi connectivity index (χ2n) is 8.57. The van der Waals surface area contributed by atoms with Crippen LogP contribution in [-0.2, 0) is 20.6 Å². The summed E-state index contributed by atoms with van der Waals surface area (Å²) in [5, 5.41) is 10.7. The molecule has 28 heavy (non-hydrogen) atoms. The average molecular weight is 409 g/mol. The lowest BCUT2D eigenvalue weighted by molar-refractivity contribution is -0.384. The molecular formula is C19H28N2O6Si. The Labute approximate surface area is 166 Å². The highest BCUT2D eigenvalue weighted by Gasteiger charge is 2.43. The smallest absolute Gasteiger partial charge is 0.410 e. The molecule has 1 aromatic rings. The molecule has 0 unspecified atom stereocenters. The van der Waals surface area contributed by atoms with Gasteiger partial charge in [0.1, 0.15) is 12.9 Å². The van der Waals surface area contributed by atoms with E-state index in [0.29, 0.717) is 18.5 Å². The van der Waals surface area contributed by atoms with Gasteiger partial charge in [-0.2, -0.15) is 0 Å². The fraction of sp³-hybridized carbons (Fsp3) is 0.579. The number of hydrogen-bond acceptors (Lipinski definition) is 6. The average Bonchev–Trinajstić information content (AvgIpc) is 3.01. The summed E-state index contributed by atoms with van der Waals surface area (Å²) >= 11 is 0. The lowest BCUT2D eigenvalue weighted by atomic mass is 10.2. The van der Waals surface area contributed by atoms with Crippen molar-refractivity contribution < 1.29 is 23.7 Å². The summed E-state index contributed by atoms with van der Waals surface area (Å²) in [7, 11) is -2.01. The van der Waals surface area contributed by atoms with Crippen LogP contribution in [0.3, 0.4) is 0 Å². The van der Waals surface area contributed by atoms with Crippen molar-refractivity contribution >= 4 is 26.4 Å². The zero-order chi connectivity index (χ0) is 21.1. The van der Waals surface area contributed by atoms with Gasteiger partial charge in [0.25, 0.3) is 5.69 Å². The second-order valence-corrected chi connectivity index (χ2v) is 13.3. The number of nitro benzene ring substituents is 1. The highest BCUT2D eigenvalue weighted by atomic mass is 28.4. The van der Waals surface area contributed by atoms with Crippen LogP contribution in [0.1, 0.15) is 32.8 Å². The topological polar surface area (TPSA) is 99.0 Å². The van der Waals surface area contributed by atoms with Crippen molar-refractivity contribution in [3.63, 3.8) is 0 Å². The van der Waals surface area contributed by atoms with Gasteiger partial charge in [-0.1, -0.05) is 20.8 Å². The maximum atomic E-state index is 12.5. The number of nitrogens with zero attached hydrogens (tertiary/aromatic N) is 2. The zero-order valence-electron chi connectivity index (χ0n) is 17.0. The Morgan fingerprint density at radius 2 is 1.93 bits per heavy atom. The molecule has 0 saturated carbocycles. The van der Waals surface area contributed by atoms with Crippen molar-refractivity contribution in [2.24, 2.45) is 0 Å². The molecule has 0 spiro atoms. The molecule has 154 valence electrons. The van der Waals surface area contributed by atoms with E-state index in [0.717, 1.165) is 6.29 Å². The fourth-order valence-electron chi connectivity index (χ4n) is 2.79. The molecule has 0 N–H and O–H groups in total. The normalized spacial score (nSPS) is 20.1. The largest absolute Gasteiger partial charge is 0.445 e. The number of non-ortho nitro benzene ring substituents is 1. The Morgan fingerprint density at radius 1 is 1.32 bits per heavy atom. The number of ether oxygens (including phenoxy) is 1. The zero-order valence-corrected chi connectivity index (χ0v) is 18.0. The minimum atomic E-state index is -2.01. The van der Waals surface area contributed by atoms with Crippen molar-refractivity contribution in [3.05, 3.63) is 39.9 Å². The third kappa shape index (κ3) is 5.17. The third-order valence-electron chi connectivity index (χ3n) is 5.47. The maximum Gasteiger partial charge on any atom is 0.410 e. The molecule has 2 rings (SSSR count). The number of likely N-dealkylation sites (tertiary alicyclic amines) is 1. The van der Waals surface area contributed by atoms with Crippen molar-refractivity contribution in [2.45, 2.75) is 64.1 Å². The molecule has 8 nitrogen and oxygen atoms in total. The van der Waals surface area contributed by atoms with E-state index in [1.807, 2.05) is 0 Å². The number of benzene rings is 1. The Bertz CT molecular complexity index is 729. The quantitative estimate of drug-likeness (QED) is 0.306. The van der Waals surface area contributed by atoms with Gasteiger partial charge in [0.15, 0.2) is 8.32 Å². The summed E-state index contributed by atoms with van der Waals surface area (Å²) in [5.41, 5.74) is 0.608. The number of hydrogen-bond donors (Lipinski definition) is 0. The Morgan fingerprint density at radius 3 is 2.43 bits per heavy atom. The van der Waals surface area contributed by atoms with E-state index in [1.54, 1.807) is 0 Å². The summed E-state index contributed by atoms with van der Waals surface area (Å²) in [4.78, 5) is 35.5. The number of carbonyl (C=O) groups excluding carboxylic acids is 2. The van der Waals surface area contributed by atoms with Gasteiger partial charge in [-0.25, -0.2) is 4.79 Å². The van der Waals surface area contributed by atoms with E-state index < -0.39 is 25.4 Å². The van der Waals surface area contributed by atoms with Crippen molar-refractivity contribution in [1.82, 2.24) is 4.90 Å². The molecule has 1 heterocycles. The number of aldehydes is 1. The summed E-state index contributed by atoms with van der Waals surface area (Å²) < 4.78 is 11.6. The van der Waals surface area contributed by atoms with Crippen LogP contribution in [0.15, 0.2) is 24.3 Å². The summed E-state index contributed by atoms with van der Waals surface area (Å²) in [6, 6.07) is 5.22. The molecular weight excluding hydrogens is 380 g/mol. The van der Waals surface area contributed by atoms with E-state index in [1.165, 1.54) is 29.2 Å². The molecule has 1 amide bonds. The summed E-state index contributed by atoms with van der Waals surface area (Å²) in [6.07, 6.45) is 0.435. The van der Waals surface area contributed by atoms with Crippen LogP contribution in [0.2, 0.25) is 18.1 Å². The third-order valence-corrected chi connectivity index (χ3v) is 10.0. The van der Waals surface area contributed by atoms with E-state index in [2.05, 4.69) is 33.9 Å². The second kappa shape index (κ2) is 8.40. The van der Waals surface area contributed by atoms with Gasteiger partial charge in [0.2, 0.25) is 0 Å². The Kier molecular flexibility index (Phi) is 6.61. The Balaban J connectivity index is 1.96. The van der Waals surface area contributed by atoms with Crippen molar-refractivity contribution in [3.8, 4) is 0 Å². The number of rotatable bonds is 6. The first-order valence-corrected chi connectivity index (χ1v) is 12.2. The van der Waals surface area contributed by atoms with Gasteiger partial charge >= 0.3 is 6.09 Å². The predicted molar refractivity (Wildman–Crippen MR) is 107 cm³/mol. The van der Waals surface area contributed by atoms with Crippen LogP contribution in [0.4, 0.5) is 10.5 Å². The van der Waals surface area contributed by atoms with Gasteiger partial charge < -0.3 is 14.0 Å². The molecule has 1 aliphatic rings. The highest BCUT2D eigenvalue weighted by molar-refractivity contribution is 6.74. The predicted octanol–water partition coefficient (Wildman–Crippen LogP) is 3.90. The lowest BCUT2D eigenvalue weighted by Gasteiger charge is -2.38. The van der Waals surface area contributed by atoms with Crippen LogP contribution in [0, 0.1) is 10.1 Å². The van der Waals surface area contributed by atoms with Crippen LogP contribution in [-0.4, -0.2) is 49.2 Å². The van der Waals surface area contributed by atoms with Gasteiger partial charge in [0, 0.05) is 25.1 Å². The van der Waals surface area contributed by atoms with Crippen molar-refractivity contribution in [1.29, 1.82) is 0 Å². The van der Waals surface area contributed by atoms with E-state index in [9.17, 15) is 19.7 Å². The maximum absolute atomic E-state index is 12.5. The molecule has 0 aromatic heterocycles. The SMILES string of the molecule is CC(C)(C)[Si](C)(C)O[C@@H]1C[C@H](C=O)N(C(=O)OCc2ccc([N+](=O)[O-])cc2)C1. The molecule has 0 aliphatic carbocycles. The lowest BCUT2D eigenvalue weighted by Crippen LogP contribution is -2.44. The van der Waals surface area contributed by atoms with Crippen LogP contribution in [0.5, 0.6) is 0 Å². The fourth-order valence-corrected chi connectivity index (χ4v) is 4.14. The van der Waals surface area contributed by atoms with Gasteiger partial charge in [-0.05, 0) is 35.8 Å². The highest BCUT2D eigenvalue weighted by Crippen LogP contribution is 2.38. The standard InChI is InChI=1S/C19H28N2O6Si/c1-19(2,3)28(4,5)27-17-10-16(12-22)20(11-17)18(23)26-13-14-6-8-15(9-7-14)21(24)25/h6-9,12,16-17H,10-11,13H2,1-5H3/t16-,17-/m1/s1. The molecule has 1 aromatic carbocycles. The summed E-state index contributed by atoms with van der Waals surface area (Å²) in [6.45, 7) is 11.0. The summed E-state index contributed by atoms with van der Waals surface area (Å²) in [5.74, 6) is 0. The number of nitro groups is 1. The number of amides is 1. The van der Waals surface area contributed by atoms with Gasteiger partial charge in [-0.15, -0.1) is 0 Å². The molecule has 0 radical (unpaired) electrons. The monoisotopic (exact) mass is 408 g/mol.